The lowest BCUT2D eigenvalue weighted by molar-refractivity contribution is 0.227. The number of hydrogen-bond donors (Lipinski definition) is 1. The number of nitrogens with one attached hydrogen (secondary N) is 1. The Kier molecular flexibility index (Phi) is 4.51. The molecule has 0 spiro atoms. The van der Waals surface area contributed by atoms with Gasteiger partial charge in [-0.2, -0.15) is 0 Å². The van der Waals surface area contributed by atoms with E-state index >= 15 is 0 Å². The molecular formula is C14H21FN2. The Bertz CT molecular complexity index is 354. The molecule has 1 aromatic carbocycles. The van der Waals surface area contributed by atoms with E-state index in [1.807, 2.05) is 12.1 Å². The molecule has 0 saturated carbocycles. The fourth-order valence-corrected chi connectivity index (χ4v) is 2.27. The maximum absolute atomic E-state index is 13.6. The van der Waals surface area contributed by atoms with E-state index in [1.165, 1.54) is 0 Å². The van der Waals surface area contributed by atoms with Gasteiger partial charge in [-0.15, -0.1) is 0 Å². The van der Waals surface area contributed by atoms with Crippen molar-refractivity contribution in [1.29, 1.82) is 0 Å². The minimum atomic E-state index is -0.0827. The summed E-state index contributed by atoms with van der Waals surface area (Å²) in [6, 6.07) is 7.66. The van der Waals surface area contributed by atoms with Crippen LogP contribution in [0.4, 0.5) is 4.39 Å². The Hall–Kier alpha value is -0.930. The van der Waals surface area contributed by atoms with Crippen LogP contribution in [0.2, 0.25) is 0 Å². The van der Waals surface area contributed by atoms with Crippen molar-refractivity contribution in [3.05, 3.63) is 35.6 Å². The fourth-order valence-electron chi connectivity index (χ4n) is 2.27. The molecule has 0 bridgehead atoms. The first-order valence-electron chi connectivity index (χ1n) is 6.45. The third kappa shape index (κ3) is 3.79. The van der Waals surface area contributed by atoms with Crippen molar-refractivity contribution in [2.24, 2.45) is 0 Å². The van der Waals surface area contributed by atoms with Gasteiger partial charge in [-0.3, -0.25) is 4.90 Å². The molecule has 0 amide bonds. The van der Waals surface area contributed by atoms with Crippen molar-refractivity contribution in [3.63, 3.8) is 0 Å². The van der Waals surface area contributed by atoms with Crippen LogP contribution in [-0.2, 0) is 6.54 Å². The second kappa shape index (κ2) is 6.12. The van der Waals surface area contributed by atoms with Crippen LogP contribution in [0.25, 0.3) is 0 Å². The minimum absolute atomic E-state index is 0.0827. The molecule has 0 aromatic heterocycles. The van der Waals surface area contributed by atoms with Crippen LogP contribution in [0.5, 0.6) is 0 Å². The molecule has 0 radical (unpaired) electrons. The highest BCUT2D eigenvalue weighted by atomic mass is 19.1. The highest BCUT2D eigenvalue weighted by Crippen LogP contribution is 2.12. The lowest BCUT2D eigenvalue weighted by atomic mass is 10.1. The van der Waals surface area contributed by atoms with Gasteiger partial charge in [-0.25, -0.2) is 4.39 Å². The van der Waals surface area contributed by atoms with E-state index in [-0.39, 0.29) is 5.82 Å². The number of halogens is 1. The summed E-state index contributed by atoms with van der Waals surface area (Å²) in [5.41, 5.74) is 0.814. The second-order valence-electron chi connectivity index (χ2n) is 4.86. The maximum Gasteiger partial charge on any atom is 0.127 e. The second-order valence-corrected chi connectivity index (χ2v) is 4.86. The van der Waals surface area contributed by atoms with Crippen molar-refractivity contribution in [1.82, 2.24) is 10.2 Å². The zero-order chi connectivity index (χ0) is 12.1. The molecule has 0 aliphatic carbocycles. The molecule has 2 rings (SSSR count). The summed E-state index contributed by atoms with van der Waals surface area (Å²) in [4.78, 5) is 2.36. The quantitative estimate of drug-likeness (QED) is 0.848. The molecule has 1 unspecified atom stereocenters. The minimum Gasteiger partial charge on any atom is -0.314 e. The highest BCUT2D eigenvalue weighted by molar-refractivity contribution is 5.17. The van der Waals surface area contributed by atoms with E-state index in [2.05, 4.69) is 17.1 Å². The third-order valence-corrected chi connectivity index (χ3v) is 3.37. The predicted molar refractivity (Wildman–Crippen MR) is 68.4 cm³/mol. The van der Waals surface area contributed by atoms with E-state index in [9.17, 15) is 4.39 Å². The van der Waals surface area contributed by atoms with Crippen LogP contribution in [0.3, 0.4) is 0 Å². The Morgan fingerprint density at radius 3 is 3.00 bits per heavy atom. The molecule has 1 N–H and O–H groups in total. The number of benzene rings is 1. The molecule has 1 aliphatic heterocycles. The molecule has 17 heavy (non-hydrogen) atoms. The zero-order valence-electron chi connectivity index (χ0n) is 10.5. The van der Waals surface area contributed by atoms with Crippen LogP contribution in [0, 0.1) is 5.82 Å². The lowest BCUT2D eigenvalue weighted by Crippen LogP contribution is -2.38. The topological polar surface area (TPSA) is 15.3 Å². The number of rotatable bonds is 2. The Balaban J connectivity index is 1.95. The van der Waals surface area contributed by atoms with Gasteiger partial charge in [0.15, 0.2) is 0 Å². The largest absolute Gasteiger partial charge is 0.314 e. The average molecular weight is 236 g/mol. The standard InChI is InChI=1S/C14H21FN2/c1-12-7-10-17(9-4-8-16-12)11-13-5-2-3-6-14(13)15/h2-3,5-6,12,16H,4,7-11H2,1H3. The number of nitrogens with zero attached hydrogens (tertiary/aromatic N) is 1. The van der Waals surface area contributed by atoms with Crippen LogP contribution < -0.4 is 5.32 Å². The van der Waals surface area contributed by atoms with Crippen molar-refractivity contribution in [2.45, 2.75) is 32.4 Å². The molecule has 1 aliphatic rings. The van der Waals surface area contributed by atoms with Gasteiger partial charge >= 0.3 is 0 Å². The first-order chi connectivity index (χ1) is 8.25. The van der Waals surface area contributed by atoms with Crippen molar-refractivity contribution < 1.29 is 4.39 Å². The normalized spacial score (nSPS) is 23.1. The van der Waals surface area contributed by atoms with Crippen molar-refractivity contribution >= 4 is 0 Å². The van der Waals surface area contributed by atoms with Crippen LogP contribution in [0.1, 0.15) is 25.3 Å². The summed E-state index contributed by atoms with van der Waals surface area (Å²) in [7, 11) is 0. The molecule has 3 heteroatoms. The maximum atomic E-state index is 13.6. The van der Waals surface area contributed by atoms with E-state index in [1.54, 1.807) is 12.1 Å². The molecule has 1 fully saturated rings. The van der Waals surface area contributed by atoms with Gasteiger partial charge in [0.1, 0.15) is 5.82 Å². The predicted octanol–water partition coefficient (Wildman–Crippen LogP) is 2.40. The van der Waals surface area contributed by atoms with Gasteiger partial charge in [0, 0.05) is 18.2 Å². The summed E-state index contributed by atoms with van der Waals surface area (Å²) >= 11 is 0. The summed E-state index contributed by atoms with van der Waals surface area (Å²) in [6.07, 6.45) is 2.27. The van der Waals surface area contributed by atoms with Crippen molar-refractivity contribution in [2.75, 3.05) is 19.6 Å². The van der Waals surface area contributed by atoms with Crippen LogP contribution in [-0.4, -0.2) is 30.6 Å². The third-order valence-electron chi connectivity index (χ3n) is 3.37. The molecule has 2 nitrogen and oxygen atoms in total. The smallest absolute Gasteiger partial charge is 0.127 e. The lowest BCUT2D eigenvalue weighted by Gasteiger charge is -2.27. The zero-order valence-corrected chi connectivity index (χ0v) is 10.5. The van der Waals surface area contributed by atoms with E-state index in [4.69, 9.17) is 0 Å². The van der Waals surface area contributed by atoms with Gasteiger partial charge in [-0.05, 0) is 45.5 Å². The van der Waals surface area contributed by atoms with E-state index in [0.29, 0.717) is 6.04 Å². The fraction of sp³-hybridized carbons (Fsp3) is 0.571. The highest BCUT2D eigenvalue weighted by Gasteiger charge is 2.13. The molecule has 1 saturated heterocycles. The Morgan fingerprint density at radius 2 is 2.18 bits per heavy atom. The van der Waals surface area contributed by atoms with Gasteiger partial charge in [-0.1, -0.05) is 18.2 Å². The Labute approximate surface area is 103 Å². The Morgan fingerprint density at radius 1 is 1.35 bits per heavy atom. The SMILES string of the molecule is CC1CCN(Cc2ccccc2F)CCCN1. The molecular weight excluding hydrogens is 215 g/mol. The van der Waals surface area contributed by atoms with Crippen molar-refractivity contribution in [3.8, 4) is 0 Å². The van der Waals surface area contributed by atoms with E-state index < -0.39 is 0 Å². The first-order valence-corrected chi connectivity index (χ1v) is 6.45. The van der Waals surface area contributed by atoms with Gasteiger partial charge in [0.05, 0.1) is 0 Å². The summed E-state index contributed by atoms with van der Waals surface area (Å²) in [5.74, 6) is -0.0827. The molecule has 1 atom stereocenters. The van der Waals surface area contributed by atoms with E-state index in [0.717, 1.165) is 44.6 Å². The summed E-state index contributed by atoms with van der Waals surface area (Å²) in [6.45, 7) is 6.11. The molecule has 1 heterocycles. The summed E-state index contributed by atoms with van der Waals surface area (Å²) in [5, 5.41) is 3.48. The molecule has 94 valence electrons. The monoisotopic (exact) mass is 236 g/mol. The van der Waals surface area contributed by atoms with Crippen LogP contribution in [0.15, 0.2) is 24.3 Å². The van der Waals surface area contributed by atoms with Gasteiger partial charge < -0.3 is 5.32 Å². The van der Waals surface area contributed by atoms with Crippen LogP contribution >= 0.6 is 0 Å². The molecule has 1 aromatic rings. The number of hydrogen-bond acceptors (Lipinski definition) is 2. The summed E-state index contributed by atoms with van der Waals surface area (Å²) < 4.78 is 13.6. The van der Waals surface area contributed by atoms with Gasteiger partial charge in [0.25, 0.3) is 0 Å². The van der Waals surface area contributed by atoms with Gasteiger partial charge in [0.2, 0.25) is 0 Å². The average Bonchev–Trinajstić information content (AvgIpc) is 2.31. The first kappa shape index (κ1) is 12.5.